The van der Waals surface area contributed by atoms with Crippen LogP contribution in [0.5, 0.6) is 0 Å². The fourth-order valence-electron chi connectivity index (χ4n) is 2.67. The Balaban J connectivity index is 2.15. The molecule has 0 unspecified atom stereocenters. The highest BCUT2D eigenvalue weighted by Gasteiger charge is 2.30. The van der Waals surface area contributed by atoms with Crippen LogP contribution >= 0.6 is 31.9 Å². The molecule has 20 heavy (non-hydrogen) atoms. The van der Waals surface area contributed by atoms with E-state index in [1.807, 2.05) is 0 Å². The summed E-state index contributed by atoms with van der Waals surface area (Å²) >= 11 is 6.70. The van der Waals surface area contributed by atoms with Crippen molar-refractivity contribution in [3.8, 4) is 0 Å². The number of hydrogen-bond donors (Lipinski definition) is 0. The summed E-state index contributed by atoms with van der Waals surface area (Å²) in [7, 11) is -3.38. The van der Waals surface area contributed by atoms with Gasteiger partial charge in [-0.2, -0.15) is 4.31 Å². The molecule has 0 bridgehead atoms. The third-order valence-corrected chi connectivity index (χ3v) is 7.15. The number of nitrogens with zero attached hydrogens (tertiary/aromatic N) is 1. The molecule has 2 rings (SSSR count). The normalized spacial score (nSPS) is 18.4. The van der Waals surface area contributed by atoms with Crippen LogP contribution in [0.4, 0.5) is 0 Å². The number of sulfonamides is 1. The Bertz CT molecular complexity index is 567. The maximum absolute atomic E-state index is 12.7. The van der Waals surface area contributed by atoms with Crippen molar-refractivity contribution in [2.75, 3.05) is 13.1 Å². The summed E-state index contributed by atoms with van der Waals surface area (Å²) in [5, 5.41) is 0. The number of piperidine rings is 1. The highest BCUT2D eigenvalue weighted by atomic mass is 79.9. The number of halogens is 2. The van der Waals surface area contributed by atoms with Gasteiger partial charge in [0.15, 0.2) is 0 Å². The highest BCUT2D eigenvalue weighted by Crippen LogP contribution is 2.31. The molecule has 0 aromatic heterocycles. The van der Waals surface area contributed by atoms with Crippen molar-refractivity contribution in [3.05, 3.63) is 27.1 Å². The molecule has 6 heteroatoms. The van der Waals surface area contributed by atoms with Gasteiger partial charge in [-0.25, -0.2) is 8.42 Å². The van der Waals surface area contributed by atoms with E-state index < -0.39 is 10.0 Å². The van der Waals surface area contributed by atoms with Crippen LogP contribution in [0.3, 0.4) is 0 Å². The fourth-order valence-corrected chi connectivity index (χ4v) is 5.85. The molecule has 112 valence electrons. The van der Waals surface area contributed by atoms with Crippen LogP contribution in [0.1, 0.15) is 32.6 Å². The van der Waals surface area contributed by atoms with Gasteiger partial charge in [-0.15, -0.1) is 0 Å². The second-order valence-electron chi connectivity index (χ2n) is 5.21. The molecule has 0 amide bonds. The van der Waals surface area contributed by atoms with Gasteiger partial charge in [0.05, 0.1) is 4.90 Å². The number of hydrogen-bond acceptors (Lipinski definition) is 2. The second-order valence-corrected chi connectivity index (χ2v) is 8.89. The van der Waals surface area contributed by atoms with Crippen molar-refractivity contribution in [1.82, 2.24) is 4.31 Å². The molecular formula is C14H19Br2NO2S. The van der Waals surface area contributed by atoms with Gasteiger partial charge < -0.3 is 0 Å². The Morgan fingerprint density at radius 1 is 1.25 bits per heavy atom. The van der Waals surface area contributed by atoms with E-state index in [9.17, 15) is 8.42 Å². The summed E-state index contributed by atoms with van der Waals surface area (Å²) < 4.78 is 28.4. The summed E-state index contributed by atoms with van der Waals surface area (Å²) in [6.45, 7) is 3.45. The second kappa shape index (κ2) is 6.90. The molecular weight excluding hydrogens is 406 g/mol. The average molecular weight is 425 g/mol. The minimum atomic E-state index is -3.38. The van der Waals surface area contributed by atoms with Gasteiger partial charge in [0.2, 0.25) is 10.0 Å². The van der Waals surface area contributed by atoms with Gasteiger partial charge in [-0.05, 0) is 52.9 Å². The summed E-state index contributed by atoms with van der Waals surface area (Å²) in [5.74, 6) is 0.680. The zero-order valence-electron chi connectivity index (χ0n) is 11.5. The van der Waals surface area contributed by atoms with E-state index in [-0.39, 0.29) is 0 Å². The van der Waals surface area contributed by atoms with Crippen LogP contribution in [-0.2, 0) is 10.0 Å². The van der Waals surface area contributed by atoms with Gasteiger partial charge in [-0.1, -0.05) is 35.7 Å². The van der Waals surface area contributed by atoms with Crippen molar-refractivity contribution in [2.24, 2.45) is 5.92 Å². The smallest absolute Gasteiger partial charge is 0.207 e. The first kappa shape index (κ1) is 16.5. The first-order valence-corrected chi connectivity index (χ1v) is 9.93. The Morgan fingerprint density at radius 2 is 1.90 bits per heavy atom. The van der Waals surface area contributed by atoms with E-state index in [2.05, 4.69) is 38.8 Å². The van der Waals surface area contributed by atoms with Crippen molar-refractivity contribution in [3.63, 3.8) is 0 Å². The third-order valence-electron chi connectivity index (χ3n) is 3.78. The summed E-state index contributed by atoms with van der Waals surface area (Å²) in [4.78, 5) is 0.356. The Morgan fingerprint density at radius 3 is 2.45 bits per heavy atom. The first-order valence-electron chi connectivity index (χ1n) is 6.90. The SMILES string of the molecule is CCCC1CCN(S(=O)(=O)c2ccc(Br)cc2Br)CC1. The van der Waals surface area contributed by atoms with Crippen LogP contribution in [0.2, 0.25) is 0 Å². The lowest BCUT2D eigenvalue weighted by Gasteiger charge is -2.31. The molecule has 0 saturated carbocycles. The molecule has 3 nitrogen and oxygen atoms in total. The van der Waals surface area contributed by atoms with E-state index >= 15 is 0 Å². The van der Waals surface area contributed by atoms with Gasteiger partial charge in [0.1, 0.15) is 0 Å². The predicted octanol–water partition coefficient (Wildman–Crippen LogP) is 4.41. The molecule has 0 aliphatic carbocycles. The quantitative estimate of drug-likeness (QED) is 0.717. The average Bonchev–Trinajstić information content (AvgIpc) is 2.39. The van der Waals surface area contributed by atoms with Crippen molar-refractivity contribution in [2.45, 2.75) is 37.5 Å². The maximum Gasteiger partial charge on any atom is 0.244 e. The summed E-state index contributed by atoms with van der Waals surface area (Å²) in [6.07, 6.45) is 4.33. The lowest BCUT2D eigenvalue weighted by molar-refractivity contribution is 0.262. The van der Waals surface area contributed by atoms with Crippen LogP contribution in [-0.4, -0.2) is 25.8 Å². The molecule has 0 radical (unpaired) electrons. The van der Waals surface area contributed by atoms with Gasteiger partial charge in [0, 0.05) is 22.0 Å². The van der Waals surface area contributed by atoms with E-state index in [4.69, 9.17) is 0 Å². The minimum Gasteiger partial charge on any atom is -0.207 e. The van der Waals surface area contributed by atoms with E-state index in [0.29, 0.717) is 28.4 Å². The zero-order valence-corrected chi connectivity index (χ0v) is 15.5. The first-order chi connectivity index (χ1) is 9.45. The molecule has 0 N–H and O–H groups in total. The molecule has 1 saturated heterocycles. The lowest BCUT2D eigenvalue weighted by Crippen LogP contribution is -2.38. The number of rotatable bonds is 4. The van der Waals surface area contributed by atoms with Crippen LogP contribution in [0.25, 0.3) is 0 Å². The summed E-state index contributed by atoms with van der Waals surface area (Å²) in [6, 6.07) is 5.19. The molecule has 1 fully saturated rings. The summed E-state index contributed by atoms with van der Waals surface area (Å²) in [5.41, 5.74) is 0. The minimum absolute atomic E-state index is 0.356. The zero-order chi connectivity index (χ0) is 14.8. The lowest BCUT2D eigenvalue weighted by atomic mass is 9.94. The van der Waals surface area contributed by atoms with E-state index in [1.54, 1.807) is 22.5 Å². The molecule has 1 heterocycles. The van der Waals surface area contributed by atoms with Crippen LogP contribution < -0.4 is 0 Å². The predicted molar refractivity (Wildman–Crippen MR) is 88.2 cm³/mol. The van der Waals surface area contributed by atoms with Crippen LogP contribution in [0, 0.1) is 5.92 Å². The maximum atomic E-state index is 12.7. The van der Waals surface area contributed by atoms with Crippen molar-refractivity contribution < 1.29 is 8.42 Å². The topological polar surface area (TPSA) is 37.4 Å². The van der Waals surface area contributed by atoms with E-state index in [1.165, 1.54) is 12.8 Å². The van der Waals surface area contributed by atoms with Crippen molar-refractivity contribution >= 4 is 41.9 Å². The highest BCUT2D eigenvalue weighted by molar-refractivity contribution is 9.11. The monoisotopic (exact) mass is 423 g/mol. The van der Waals surface area contributed by atoms with Crippen LogP contribution in [0.15, 0.2) is 32.0 Å². The Labute approximate surface area is 138 Å². The van der Waals surface area contributed by atoms with Crippen molar-refractivity contribution in [1.29, 1.82) is 0 Å². The third kappa shape index (κ3) is 3.64. The molecule has 0 atom stereocenters. The van der Waals surface area contributed by atoms with E-state index in [0.717, 1.165) is 17.3 Å². The fraction of sp³-hybridized carbons (Fsp3) is 0.571. The standard InChI is InChI=1S/C14H19Br2NO2S/c1-2-3-11-6-8-17(9-7-11)20(18,19)14-5-4-12(15)10-13(14)16/h4-5,10-11H,2-3,6-9H2,1H3. The molecule has 1 aromatic rings. The molecule has 0 spiro atoms. The molecule has 1 aliphatic heterocycles. The van der Waals surface area contributed by atoms with Gasteiger partial charge >= 0.3 is 0 Å². The van der Waals surface area contributed by atoms with Gasteiger partial charge in [0.25, 0.3) is 0 Å². The Kier molecular flexibility index (Phi) is 5.68. The largest absolute Gasteiger partial charge is 0.244 e. The molecule has 1 aliphatic rings. The number of benzene rings is 1. The van der Waals surface area contributed by atoms with Gasteiger partial charge in [-0.3, -0.25) is 0 Å². The Hall–Kier alpha value is 0.0900. The molecule has 1 aromatic carbocycles.